The van der Waals surface area contributed by atoms with Crippen LogP contribution in [0, 0.1) is 22.7 Å². The molecule has 0 aromatic heterocycles. The van der Waals surface area contributed by atoms with Crippen LogP contribution in [0.3, 0.4) is 0 Å². The predicted octanol–water partition coefficient (Wildman–Crippen LogP) is 13.5. The van der Waals surface area contributed by atoms with Crippen LogP contribution >= 0.6 is 11.8 Å². The van der Waals surface area contributed by atoms with Crippen molar-refractivity contribution in [1.82, 2.24) is 0 Å². The standard InChI is InChI=1S/C52H54O4S/c1-48(2)25-11-26-49(3,4)52(48)55-43-28-41-40(29-44(43)57-52)45-38-14-9-10-15-42(38)50(30-32-12-7-8-13-33(32)31-50)46(45)39-24-27-51(56-47(39)41,34-16-20-36(53-5)21-17-34)35-18-22-37(54-6)23-19-35/h9-10,14-24,27-29,32-33H,7-8,11-13,25-26,30-31H2,1-6H3. The average molecular weight is 775 g/mol. The van der Waals surface area contributed by atoms with Crippen LogP contribution in [0.15, 0.2) is 95.9 Å². The minimum atomic E-state index is -0.891. The van der Waals surface area contributed by atoms with Gasteiger partial charge in [0, 0.05) is 38.3 Å². The molecule has 6 aliphatic rings. The normalized spacial score (nSPS) is 26.2. The molecule has 3 saturated carbocycles. The summed E-state index contributed by atoms with van der Waals surface area (Å²) >= 11 is 1.99. The van der Waals surface area contributed by atoms with Gasteiger partial charge >= 0.3 is 0 Å². The fourth-order valence-electron chi connectivity index (χ4n) is 12.8. The van der Waals surface area contributed by atoms with Crippen molar-refractivity contribution >= 4 is 28.6 Å². The van der Waals surface area contributed by atoms with Gasteiger partial charge < -0.3 is 18.9 Å². The lowest BCUT2D eigenvalue weighted by Crippen LogP contribution is -2.57. The molecule has 292 valence electrons. The Bertz CT molecular complexity index is 2400. The summed E-state index contributed by atoms with van der Waals surface area (Å²) in [5.41, 5.74) is 8.24. The third kappa shape index (κ3) is 4.81. The van der Waals surface area contributed by atoms with Gasteiger partial charge in [0.15, 0.2) is 10.5 Å². The lowest BCUT2D eigenvalue weighted by Gasteiger charge is -2.55. The minimum Gasteiger partial charge on any atom is -0.497 e. The molecule has 2 unspecified atom stereocenters. The molecule has 3 fully saturated rings. The van der Waals surface area contributed by atoms with Crippen LogP contribution in [-0.4, -0.2) is 19.2 Å². The number of benzene rings is 5. The Balaban J connectivity index is 1.20. The molecule has 4 nitrogen and oxygen atoms in total. The molecule has 2 heterocycles. The molecule has 5 heteroatoms. The Kier molecular flexibility index (Phi) is 7.74. The molecular formula is C52H54O4S. The molecule has 11 rings (SSSR count). The number of fused-ring (bicyclic) bond motifs is 12. The van der Waals surface area contributed by atoms with E-state index in [1.54, 1.807) is 14.2 Å². The van der Waals surface area contributed by atoms with Crippen molar-refractivity contribution in [1.29, 1.82) is 0 Å². The minimum absolute atomic E-state index is 0.0000794. The highest BCUT2D eigenvalue weighted by atomic mass is 32.2. The van der Waals surface area contributed by atoms with Crippen molar-refractivity contribution < 1.29 is 18.9 Å². The molecular weight excluding hydrogens is 721 g/mol. The van der Waals surface area contributed by atoms with Crippen LogP contribution in [0.5, 0.6) is 23.0 Å². The van der Waals surface area contributed by atoms with E-state index in [4.69, 9.17) is 18.9 Å². The SMILES string of the molecule is COc1ccc(C2(c3ccc(OC)cc3)C=Cc3c4c(c5cc6c(cc5c3O2)OC2(S6)C(C)(C)CCCC2(C)C)-c2ccccc2C42CC3CCCCC3C2)cc1. The van der Waals surface area contributed by atoms with Crippen LogP contribution in [0.4, 0.5) is 0 Å². The first-order valence-corrected chi connectivity index (χ1v) is 22.2. The van der Waals surface area contributed by atoms with Gasteiger partial charge in [-0.3, -0.25) is 0 Å². The highest BCUT2D eigenvalue weighted by Gasteiger charge is 2.63. The monoisotopic (exact) mass is 774 g/mol. The lowest BCUT2D eigenvalue weighted by atomic mass is 9.62. The maximum Gasteiger partial charge on any atom is 0.178 e. The second-order valence-corrected chi connectivity index (χ2v) is 20.5. The van der Waals surface area contributed by atoms with Crippen molar-refractivity contribution in [2.45, 2.75) is 106 Å². The van der Waals surface area contributed by atoms with Gasteiger partial charge in [0.1, 0.15) is 23.0 Å². The van der Waals surface area contributed by atoms with Crippen LogP contribution in [0.2, 0.25) is 0 Å². The molecule has 57 heavy (non-hydrogen) atoms. The number of hydrogen-bond acceptors (Lipinski definition) is 5. The zero-order valence-corrected chi connectivity index (χ0v) is 35.1. The van der Waals surface area contributed by atoms with Gasteiger partial charge in [-0.2, -0.15) is 0 Å². The molecule has 0 radical (unpaired) electrons. The van der Waals surface area contributed by atoms with E-state index in [0.717, 1.165) is 64.2 Å². The Morgan fingerprint density at radius 3 is 1.91 bits per heavy atom. The molecule has 2 spiro atoms. The molecule has 5 aromatic rings. The van der Waals surface area contributed by atoms with Crippen LogP contribution in [-0.2, 0) is 11.0 Å². The molecule has 4 aliphatic carbocycles. The third-order valence-corrected chi connectivity index (χ3v) is 17.5. The van der Waals surface area contributed by atoms with E-state index >= 15 is 0 Å². The Labute approximate surface area is 342 Å². The predicted molar refractivity (Wildman–Crippen MR) is 232 cm³/mol. The molecule has 5 aromatic carbocycles. The highest BCUT2D eigenvalue weighted by Crippen LogP contribution is 2.70. The molecule has 2 atom stereocenters. The maximum absolute atomic E-state index is 7.85. The van der Waals surface area contributed by atoms with E-state index < -0.39 is 5.60 Å². The molecule has 0 saturated heterocycles. The van der Waals surface area contributed by atoms with Gasteiger partial charge in [0.05, 0.1) is 19.1 Å². The smallest absolute Gasteiger partial charge is 0.178 e. The summed E-state index contributed by atoms with van der Waals surface area (Å²) in [7, 11) is 3.44. The van der Waals surface area contributed by atoms with Gasteiger partial charge in [0.25, 0.3) is 0 Å². The van der Waals surface area contributed by atoms with E-state index in [0.29, 0.717) is 0 Å². The Morgan fingerprint density at radius 1 is 0.684 bits per heavy atom. The zero-order chi connectivity index (χ0) is 39.0. The Morgan fingerprint density at radius 2 is 1.30 bits per heavy atom. The first kappa shape index (κ1) is 35.8. The van der Waals surface area contributed by atoms with E-state index in [-0.39, 0.29) is 21.2 Å². The summed E-state index contributed by atoms with van der Waals surface area (Å²) in [5.74, 6) is 5.11. The van der Waals surface area contributed by atoms with E-state index in [2.05, 4.69) is 101 Å². The van der Waals surface area contributed by atoms with Gasteiger partial charge in [-0.1, -0.05) is 126 Å². The number of hydrogen-bond donors (Lipinski definition) is 0. The van der Waals surface area contributed by atoms with Crippen molar-refractivity contribution in [2.75, 3.05) is 14.2 Å². The van der Waals surface area contributed by atoms with Crippen molar-refractivity contribution in [2.24, 2.45) is 22.7 Å². The van der Waals surface area contributed by atoms with Crippen molar-refractivity contribution in [3.05, 3.63) is 119 Å². The third-order valence-electron chi connectivity index (χ3n) is 15.5. The van der Waals surface area contributed by atoms with Crippen LogP contribution < -0.4 is 18.9 Å². The van der Waals surface area contributed by atoms with Gasteiger partial charge in [-0.15, -0.1) is 0 Å². The summed E-state index contributed by atoms with van der Waals surface area (Å²) in [6.45, 7) is 9.71. The average Bonchev–Trinajstić information content (AvgIpc) is 3.90. The molecule has 0 bridgehead atoms. The van der Waals surface area contributed by atoms with Crippen molar-refractivity contribution in [3.63, 3.8) is 0 Å². The number of ether oxygens (including phenoxy) is 4. The van der Waals surface area contributed by atoms with Crippen LogP contribution in [0.25, 0.3) is 28.0 Å². The number of methoxy groups -OCH3 is 2. The van der Waals surface area contributed by atoms with Crippen molar-refractivity contribution in [3.8, 4) is 34.1 Å². The summed E-state index contributed by atoms with van der Waals surface area (Å²) in [5, 5.41) is 2.42. The van der Waals surface area contributed by atoms with Crippen LogP contribution in [0.1, 0.15) is 113 Å². The molecule has 2 aliphatic heterocycles. The first-order valence-electron chi connectivity index (χ1n) is 21.4. The summed E-state index contributed by atoms with van der Waals surface area (Å²) in [4.78, 5) is 0.896. The number of rotatable bonds is 4. The number of thioether (sulfide) groups is 1. The fraction of sp³-hybridized carbons (Fsp3) is 0.423. The second kappa shape index (κ2) is 12.3. The summed E-state index contributed by atoms with van der Waals surface area (Å²) < 4.78 is 26.6. The van der Waals surface area contributed by atoms with E-state index in [9.17, 15) is 0 Å². The topological polar surface area (TPSA) is 36.9 Å². The van der Waals surface area contributed by atoms with Gasteiger partial charge in [-0.25, -0.2) is 0 Å². The van der Waals surface area contributed by atoms with Gasteiger partial charge in [0.2, 0.25) is 0 Å². The fourth-order valence-corrected chi connectivity index (χ4v) is 14.4. The van der Waals surface area contributed by atoms with E-state index in [1.807, 2.05) is 36.0 Å². The molecule has 0 amide bonds. The second-order valence-electron chi connectivity index (χ2n) is 19.2. The summed E-state index contributed by atoms with van der Waals surface area (Å²) in [6.07, 6.45) is 16.1. The summed E-state index contributed by atoms with van der Waals surface area (Å²) in [6, 6.07) is 31.1. The first-order chi connectivity index (χ1) is 27.5. The lowest BCUT2D eigenvalue weighted by molar-refractivity contribution is -0.0821. The highest BCUT2D eigenvalue weighted by molar-refractivity contribution is 8.01. The zero-order valence-electron chi connectivity index (χ0n) is 34.3. The van der Waals surface area contributed by atoms with E-state index in [1.165, 1.54) is 83.0 Å². The Hall–Kier alpha value is -4.35. The largest absolute Gasteiger partial charge is 0.497 e. The maximum atomic E-state index is 7.85. The quantitative estimate of drug-likeness (QED) is 0.182. The van der Waals surface area contributed by atoms with Gasteiger partial charge in [-0.05, 0) is 108 Å². The molecule has 0 N–H and O–H groups in total.